The molecule has 11 heteroatoms. The Kier molecular flexibility index (Phi) is 3.18. The van der Waals surface area contributed by atoms with Crippen LogP contribution in [0.15, 0.2) is 9.98 Å². The minimum Gasteiger partial charge on any atom is -0.394 e. The third kappa shape index (κ3) is 2.18. The number of alkyl halides is 1. The highest BCUT2D eigenvalue weighted by Crippen LogP contribution is 2.27. The number of rotatable bonds is 2. The molecule has 1 saturated heterocycles. The highest BCUT2D eigenvalue weighted by Gasteiger charge is 2.50. The Morgan fingerprint density at radius 1 is 1.52 bits per heavy atom. The molecule has 6 N–H and O–H groups in total. The number of nitrogens with two attached hydrogens (primary N) is 1. The smallest absolute Gasteiger partial charge is 0.339 e. The first-order chi connectivity index (χ1) is 9.84. The second kappa shape index (κ2) is 4.68. The summed E-state index contributed by atoms with van der Waals surface area (Å²) in [6, 6.07) is -2.79. The van der Waals surface area contributed by atoms with E-state index in [1.54, 1.807) is 0 Å². The summed E-state index contributed by atoms with van der Waals surface area (Å²) in [5, 5.41) is 30.5. The van der Waals surface area contributed by atoms with Crippen LogP contribution in [0.4, 0.5) is 4.39 Å². The second-order valence-electron chi connectivity index (χ2n) is 4.91. The number of halogens is 1. The second-order valence-corrected chi connectivity index (χ2v) is 4.91. The van der Waals surface area contributed by atoms with Gasteiger partial charge in [0.15, 0.2) is 17.8 Å². The van der Waals surface area contributed by atoms with Gasteiger partial charge in [-0.15, -0.1) is 0 Å². The quantitative estimate of drug-likeness (QED) is 0.328. The SMILES string of the molecule is NC1(F)N=C2C(=NCN2[C@@H]2O[C@H](CO)[C@@H](O)[C@H]2O)C(=O)N1. The van der Waals surface area contributed by atoms with Crippen molar-refractivity contribution in [3.8, 4) is 0 Å². The Balaban J connectivity index is 1.89. The van der Waals surface area contributed by atoms with Gasteiger partial charge in [0.05, 0.1) is 6.61 Å². The molecule has 21 heavy (non-hydrogen) atoms. The molecule has 5 atom stereocenters. The molecule has 0 aromatic heterocycles. The van der Waals surface area contributed by atoms with Crippen LogP contribution in [0.1, 0.15) is 0 Å². The molecule has 0 aromatic carbocycles. The number of fused-ring (bicyclic) bond motifs is 1. The van der Waals surface area contributed by atoms with Gasteiger partial charge >= 0.3 is 6.04 Å². The van der Waals surface area contributed by atoms with E-state index in [0.717, 1.165) is 0 Å². The van der Waals surface area contributed by atoms with Crippen LogP contribution in [-0.4, -0.2) is 81.5 Å². The summed E-state index contributed by atoms with van der Waals surface area (Å²) in [6.07, 6.45) is -4.83. The first-order valence-electron chi connectivity index (χ1n) is 6.18. The first-order valence-corrected chi connectivity index (χ1v) is 6.18. The van der Waals surface area contributed by atoms with Gasteiger partial charge in [0.25, 0.3) is 5.91 Å². The van der Waals surface area contributed by atoms with Crippen molar-refractivity contribution in [1.82, 2.24) is 10.2 Å². The Bertz CT molecular complexity index is 538. The maximum absolute atomic E-state index is 13.7. The highest BCUT2D eigenvalue weighted by molar-refractivity contribution is 6.67. The van der Waals surface area contributed by atoms with Crippen LogP contribution in [0.25, 0.3) is 0 Å². The lowest BCUT2D eigenvalue weighted by atomic mass is 10.1. The molecule has 3 aliphatic rings. The Morgan fingerprint density at radius 3 is 2.86 bits per heavy atom. The third-order valence-corrected chi connectivity index (χ3v) is 3.46. The molecule has 0 aromatic rings. The van der Waals surface area contributed by atoms with Crippen LogP contribution in [-0.2, 0) is 9.53 Å². The minimum absolute atomic E-state index is 0.121. The number of amides is 1. The lowest BCUT2D eigenvalue weighted by Gasteiger charge is -2.31. The summed E-state index contributed by atoms with van der Waals surface area (Å²) in [4.78, 5) is 20.3. The average Bonchev–Trinajstić information content (AvgIpc) is 2.92. The molecule has 0 bridgehead atoms. The molecule has 0 aliphatic carbocycles. The highest BCUT2D eigenvalue weighted by atomic mass is 19.2. The molecule has 10 nitrogen and oxygen atoms in total. The van der Waals surface area contributed by atoms with Gasteiger partial charge in [-0.2, -0.15) is 9.38 Å². The lowest BCUT2D eigenvalue weighted by molar-refractivity contribution is -0.118. The molecule has 0 saturated carbocycles. The number of amidine groups is 1. The number of hydrogen-bond donors (Lipinski definition) is 5. The van der Waals surface area contributed by atoms with Gasteiger partial charge in [0.2, 0.25) is 0 Å². The van der Waals surface area contributed by atoms with Crippen LogP contribution in [0, 0.1) is 0 Å². The molecule has 1 fully saturated rings. The van der Waals surface area contributed by atoms with Crippen LogP contribution in [0.3, 0.4) is 0 Å². The van der Waals surface area contributed by atoms with Crippen LogP contribution in [0.2, 0.25) is 0 Å². The van der Waals surface area contributed by atoms with Crippen molar-refractivity contribution in [2.24, 2.45) is 15.7 Å². The van der Waals surface area contributed by atoms with Crippen LogP contribution >= 0.6 is 0 Å². The molecule has 3 rings (SSSR count). The molecule has 3 heterocycles. The fourth-order valence-electron chi connectivity index (χ4n) is 2.45. The normalized spacial score (nSPS) is 42.5. The number of hydrogen-bond acceptors (Lipinski definition) is 9. The Hall–Kier alpha value is -1.66. The third-order valence-electron chi connectivity index (χ3n) is 3.46. The predicted molar refractivity (Wildman–Crippen MR) is 65.5 cm³/mol. The number of ether oxygens (including phenoxy) is 1. The number of nitrogens with one attached hydrogen (secondary N) is 1. The monoisotopic (exact) mass is 303 g/mol. The van der Waals surface area contributed by atoms with Crippen molar-refractivity contribution < 1.29 is 29.2 Å². The number of carbonyl (C=O) groups is 1. The molecule has 1 unspecified atom stereocenters. The molecule has 116 valence electrons. The van der Waals surface area contributed by atoms with Gasteiger partial charge in [-0.05, 0) is 0 Å². The fraction of sp³-hybridized carbons (Fsp3) is 0.700. The van der Waals surface area contributed by atoms with Crippen molar-refractivity contribution in [1.29, 1.82) is 0 Å². The average molecular weight is 303 g/mol. The summed E-state index contributed by atoms with van der Waals surface area (Å²) >= 11 is 0. The summed E-state index contributed by atoms with van der Waals surface area (Å²) in [5.41, 5.74) is 5.01. The van der Waals surface area contributed by atoms with Crippen molar-refractivity contribution in [2.75, 3.05) is 13.3 Å². The zero-order chi connectivity index (χ0) is 15.4. The predicted octanol–water partition coefficient (Wildman–Crippen LogP) is -3.79. The van der Waals surface area contributed by atoms with E-state index in [-0.39, 0.29) is 18.2 Å². The molecular formula is C10H14FN5O5. The largest absolute Gasteiger partial charge is 0.394 e. The van der Waals surface area contributed by atoms with Gasteiger partial charge in [0, 0.05) is 0 Å². The van der Waals surface area contributed by atoms with Crippen LogP contribution < -0.4 is 11.1 Å². The summed E-state index contributed by atoms with van der Waals surface area (Å²) in [6.45, 7) is -0.628. The van der Waals surface area contributed by atoms with Gasteiger partial charge < -0.3 is 25.0 Å². The lowest BCUT2D eigenvalue weighted by Crippen LogP contribution is -2.60. The van der Waals surface area contributed by atoms with E-state index in [0.29, 0.717) is 0 Å². The van der Waals surface area contributed by atoms with Gasteiger partial charge in [-0.3, -0.25) is 20.8 Å². The van der Waals surface area contributed by atoms with E-state index in [4.69, 9.17) is 15.6 Å². The summed E-state index contributed by atoms with van der Waals surface area (Å²) in [5.74, 6) is -1.00. The number of carbonyl (C=O) groups excluding carboxylic acids is 1. The minimum atomic E-state index is -2.79. The van der Waals surface area contributed by atoms with Gasteiger partial charge in [-0.1, -0.05) is 0 Å². The van der Waals surface area contributed by atoms with E-state index < -0.39 is 43.1 Å². The molecule has 0 spiro atoms. The van der Waals surface area contributed by atoms with E-state index in [2.05, 4.69) is 9.98 Å². The maximum atomic E-state index is 13.7. The topological polar surface area (TPSA) is 153 Å². The molecule has 0 radical (unpaired) electrons. The fourth-order valence-corrected chi connectivity index (χ4v) is 2.45. The zero-order valence-corrected chi connectivity index (χ0v) is 10.7. The Morgan fingerprint density at radius 2 is 2.24 bits per heavy atom. The van der Waals surface area contributed by atoms with Gasteiger partial charge in [0.1, 0.15) is 25.0 Å². The number of aliphatic hydroxyl groups is 3. The van der Waals surface area contributed by atoms with E-state index >= 15 is 0 Å². The molecule has 1 amide bonds. The van der Waals surface area contributed by atoms with E-state index in [1.165, 1.54) is 4.90 Å². The van der Waals surface area contributed by atoms with Crippen molar-refractivity contribution in [3.05, 3.63) is 0 Å². The van der Waals surface area contributed by atoms with Gasteiger partial charge in [-0.25, -0.2) is 0 Å². The number of aliphatic hydroxyl groups excluding tert-OH is 3. The summed E-state index contributed by atoms with van der Waals surface area (Å²) < 4.78 is 19.0. The molecule has 3 aliphatic heterocycles. The van der Waals surface area contributed by atoms with Crippen LogP contribution in [0.5, 0.6) is 0 Å². The Labute approximate surface area is 117 Å². The summed E-state index contributed by atoms with van der Waals surface area (Å²) in [7, 11) is 0. The number of nitrogens with zero attached hydrogens (tertiary/aromatic N) is 3. The van der Waals surface area contributed by atoms with E-state index in [9.17, 15) is 19.4 Å². The zero-order valence-electron chi connectivity index (χ0n) is 10.7. The van der Waals surface area contributed by atoms with E-state index in [1.807, 2.05) is 5.32 Å². The van der Waals surface area contributed by atoms with Crippen molar-refractivity contribution in [2.45, 2.75) is 30.6 Å². The van der Waals surface area contributed by atoms with Crippen molar-refractivity contribution >= 4 is 17.5 Å². The standard InChI is InChI=1S/C10H14FN5O5/c11-10(12)14-7-4(8(20)15-10)13-2-16(7)9-6(19)5(18)3(1-17)21-9/h3,5-6,9,17-19H,1-2,12H2,(H,15,20)/t3-,5-,6-,9-,10?/m1/s1. The first kappa shape index (κ1) is 14.3. The van der Waals surface area contributed by atoms with Crippen molar-refractivity contribution in [3.63, 3.8) is 0 Å². The number of aliphatic imine (C=N–C) groups is 2. The molecular weight excluding hydrogens is 289 g/mol. The maximum Gasteiger partial charge on any atom is 0.339 e.